The number of hydrogen-bond acceptors (Lipinski definition) is 9. The fraction of sp³-hybridized carbons (Fsp3) is 0.360. The van der Waals surface area contributed by atoms with Crippen LogP contribution in [0.5, 0.6) is 0 Å². The minimum absolute atomic E-state index is 0.0146. The second-order valence-corrected chi connectivity index (χ2v) is 10.2. The quantitative estimate of drug-likeness (QED) is 0.202. The molecule has 0 saturated heterocycles. The first-order chi connectivity index (χ1) is 16.7. The number of nitrogens with one attached hydrogen (secondary N) is 1. The highest BCUT2D eigenvalue weighted by Gasteiger charge is 2.36. The van der Waals surface area contributed by atoms with Crippen LogP contribution in [0.2, 0.25) is 0 Å². The first-order valence-electron chi connectivity index (χ1n) is 11.4. The van der Waals surface area contributed by atoms with E-state index in [1.54, 1.807) is 30.8 Å². The Bertz CT molecular complexity index is 1200. The fourth-order valence-corrected chi connectivity index (χ4v) is 5.12. The Labute approximate surface area is 207 Å². The largest absolute Gasteiger partial charge is 0.464 e. The predicted octanol–water partition coefficient (Wildman–Crippen LogP) is 6.57. The molecule has 1 N–H and O–H groups in total. The van der Waals surface area contributed by atoms with E-state index >= 15 is 0 Å². The molecule has 0 bridgehead atoms. The van der Waals surface area contributed by atoms with E-state index in [-0.39, 0.29) is 17.1 Å². The number of carbonyl (C=O) groups excluding carboxylic acids is 1. The van der Waals surface area contributed by atoms with Crippen LogP contribution >= 0.6 is 11.8 Å². The number of benzene rings is 2. The zero-order valence-electron chi connectivity index (χ0n) is 19.9. The van der Waals surface area contributed by atoms with Crippen LogP contribution in [-0.4, -0.2) is 35.0 Å². The third-order valence-corrected chi connectivity index (χ3v) is 6.85. The second kappa shape index (κ2) is 10.4. The Balaban J connectivity index is 1.48. The predicted molar refractivity (Wildman–Crippen MR) is 138 cm³/mol. The molecule has 35 heavy (non-hydrogen) atoms. The highest BCUT2D eigenvalue weighted by atomic mass is 32.2. The number of carbonyl (C=O) groups is 1. The summed E-state index contributed by atoms with van der Waals surface area (Å²) in [7, 11) is 0. The van der Waals surface area contributed by atoms with Gasteiger partial charge in [0.1, 0.15) is 0 Å². The number of azo groups is 1. The maximum absolute atomic E-state index is 12.2. The third-order valence-electron chi connectivity index (χ3n) is 5.60. The lowest BCUT2D eigenvalue weighted by Gasteiger charge is -2.36. The molecule has 2 aromatic rings. The van der Waals surface area contributed by atoms with Gasteiger partial charge in [-0.05, 0) is 61.6 Å². The molecule has 2 aromatic carbocycles. The Kier molecular flexibility index (Phi) is 7.30. The van der Waals surface area contributed by atoms with Crippen LogP contribution in [0.15, 0.2) is 74.4 Å². The van der Waals surface area contributed by atoms with Crippen molar-refractivity contribution in [2.75, 3.05) is 17.7 Å². The Hall–Kier alpha value is -3.53. The minimum atomic E-state index is -0.450. The zero-order valence-corrected chi connectivity index (χ0v) is 20.7. The number of nitro groups is 1. The van der Waals surface area contributed by atoms with Crippen molar-refractivity contribution in [1.82, 2.24) is 0 Å². The van der Waals surface area contributed by atoms with Gasteiger partial charge >= 0.3 is 5.97 Å². The van der Waals surface area contributed by atoms with Crippen LogP contribution in [0.4, 0.5) is 22.7 Å². The van der Waals surface area contributed by atoms with Crippen LogP contribution in [0.25, 0.3) is 0 Å². The summed E-state index contributed by atoms with van der Waals surface area (Å²) in [6.07, 6.45) is 1.69. The summed E-state index contributed by atoms with van der Waals surface area (Å²) in [6.45, 7) is 6.57. The zero-order chi connectivity index (χ0) is 25.0. The van der Waals surface area contributed by atoms with Crippen LogP contribution in [-0.2, 0) is 9.53 Å². The molecule has 1 atom stereocenters. The van der Waals surface area contributed by atoms with Crippen LogP contribution in [0.1, 0.15) is 33.6 Å². The standard InChI is InChI=1S/C25H27N5O4S/c1-4-34-24(31)22-15-35-23-20(13-25(2,3)14-21(23)27-22)26-16-5-7-17(8-6-16)28-29-18-9-11-19(12-10-18)30(32)33/h5-12,22,26H,4,13-15H2,1-3H3. The number of non-ortho nitro benzene ring substituents is 1. The monoisotopic (exact) mass is 493 g/mol. The number of rotatable bonds is 7. The van der Waals surface area contributed by atoms with E-state index in [4.69, 9.17) is 9.73 Å². The number of esters is 1. The average molecular weight is 494 g/mol. The summed E-state index contributed by atoms with van der Waals surface area (Å²) in [5.41, 5.74) is 4.23. The van der Waals surface area contributed by atoms with Gasteiger partial charge in [-0.2, -0.15) is 10.2 Å². The summed E-state index contributed by atoms with van der Waals surface area (Å²) in [4.78, 5) is 28.4. The van der Waals surface area contributed by atoms with Gasteiger partial charge in [0, 0.05) is 34.2 Å². The van der Waals surface area contributed by atoms with E-state index in [1.165, 1.54) is 12.1 Å². The van der Waals surface area contributed by atoms with Gasteiger partial charge in [0.25, 0.3) is 5.69 Å². The van der Waals surface area contributed by atoms with E-state index in [1.807, 2.05) is 24.3 Å². The molecular formula is C25H27N5O4S. The van der Waals surface area contributed by atoms with Crippen molar-refractivity contribution in [2.24, 2.45) is 20.6 Å². The number of hydrogen-bond donors (Lipinski definition) is 1. The number of fused-ring (bicyclic) bond motifs is 1. The van der Waals surface area contributed by atoms with Gasteiger partial charge in [-0.3, -0.25) is 15.1 Å². The lowest BCUT2D eigenvalue weighted by atomic mass is 9.78. The van der Waals surface area contributed by atoms with E-state index in [9.17, 15) is 14.9 Å². The summed E-state index contributed by atoms with van der Waals surface area (Å²) in [6, 6.07) is 13.1. The highest BCUT2D eigenvalue weighted by Crippen LogP contribution is 2.43. The van der Waals surface area contributed by atoms with Crippen molar-refractivity contribution in [1.29, 1.82) is 0 Å². The van der Waals surface area contributed by atoms with Crippen molar-refractivity contribution in [3.05, 3.63) is 69.2 Å². The molecule has 0 saturated carbocycles. The molecule has 2 aliphatic rings. The molecule has 10 heteroatoms. The fourth-order valence-electron chi connectivity index (χ4n) is 3.99. The van der Waals surface area contributed by atoms with Gasteiger partial charge in [0.05, 0.1) is 28.6 Å². The van der Waals surface area contributed by atoms with Crippen molar-refractivity contribution in [3.63, 3.8) is 0 Å². The second-order valence-electron chi connectivity index (χ2n) is 9.13. The van der Waals surface area contributed by atoms with Crippen molar-refractivity contribution >= 4 is 46.2 Å². The number of anilines is 1. The van der Waals surface area contributed by atoms with Crippen molar-refractivity contribution in [2.45, 2.75) is 39.7 Å². The first-order valence-corrected chi connectivity index (χ1v) is 12.4. The van der Waals surface area contributed by atoms with Crippen LogP contribution in [0, 0.1) is 15.5 Å². The molecule has 0 aromatic heterocycles. The SMILES string of the molecule is CCOC(=O)C1CSC2=C(Nc3ccc(N=Nc4ccc([N+](=O)[O-])cc4)cc3)CC(C)(C)CC2=N1. The van der Waals surface area contributed by atoms with E-state index in [0.29, 0.717) is 23.7 Å². The molecule has 182 valence electrons. The summed E-state index contributed by atoms with van der Waals surface area (Å²) < 4.78 is 5.17. The normalized spacial score (nSPS) is 19.2. The van der Waals surface area contributed by atoms with Gasteiger partial charge in [-0.1, -0.05) is 13.8 Å². The molecule has 0 fully saturated rings. The van der Waals surface area contributed by atoms with E-state index in [2.05, 4.69) is 29.4 Å². The molecule has 1 aliphatic carbocycles. The number of allylic oxidation sites excluding steroid dienone is 2. The number of thioether (sulfide) groups is 1. The Morgan fingerprint density at radius 1 is 1.14 bits per heavy atom. The van der Waals surface area contributed by atoms with Gasteiger partial charge in [-0.25, -0.2) is 4.79 Å². The molecule has 0 spiro atoms. The van der Waals surface area contributed by atoms with Gasteiger partial charge in [0.2, 0.25) is 0 Å². The van der Waals surface area contributed by atoms with Crippen molar-refractivity contribution in [3.8, 4) is 0 Å². The molecule has 9 nitrogen and oxygen atoms in total. The Morgan fingerprint density at radius 3 is 2.37 bits per heavy atom. The maximum atomic E-state index is 12.2. The third kappa shape index (κ3) is 6.13. The van der Waals surface area contributed by atoms with E-state index < -0.39 is 11.0 Å². The molecule has 0 amide bonds. The maximum Gasteiger partial charge on any atom is 0.331 e. The average Bonchev–Trinajstić information content (AvgIpc) is 2.83. The van der Waals surface area contributed by atoms with Gasteiger partial charge in [-0.15, -0.1) is 11.8 Å². The lowest BCUT2D eigenvalue weighted by molar-refractivity contribution is -0.384. The smallest absolute Gasteiger partial charge is 0.331 e. The topological polar surface area (TPSA) is 119 Å². The molecule has 0 radical (unpaired) electrons. The first kappa shape index (κ1) is 24.6. The van der Waals surface area contributed by atoms with Gasteiger partial charge < -0.3 is 10.1 Å². The number of nitro benzene ring substituents is 1. The summed E-state index contributed by atoms with van der Waals surface area (Å²) in [5, 5.41) is 22.7. The summed E-state index contributed by atoms with van der Waals surface area (Å²) >= 11 is 1.66. The molecule has 1 heterocycles. The summed E-state index contributed by atoms with van der Waals surface area (Å²) in [5.74, 6) is 0.313. The minimum Gasteiger partial charge on any atom is -0.464 e. The van der Waals surface area contributed by atoms with E-state index in [0.717, 1.165) is 34.8 Å². The van der Waals surface area contributed by atoms with Gasteiger partial charge in [0.15, 0.2) is 6.04 Å². The van der Waals surface area contributed by atoms with Crippen LogP contribution < -0.4 is 5.32 Å². The molecule has 1 unspecified atom stereocenters. The van der Waals surface area contributed by atoms with Crippen LogP contribution in [0.3, 0.4) is 0 Å². The Morgan fingerprint density at radius 2 is 1.77 bits per heavy atom. The molecular weight excluding hydrogens is 466 g/mol. The number of ether oxygens (including phenoxy) is 1. The number of aliphatic imine (C=N–C) groups is 1. The molecule has 1 aliphatic heterocycles. The highest BCUT2D eigenvalue weighted by molar-refractivity contribution is 8.04. The molecule has 4 rings (SSSR count). The van der Waals surface area contributed by atoms with Crippen molar-refractivity contribution < 1.29 is 14.5 Å². The number of nitrogens with zero attached hydrogens (tertiary/aromatic N) is 4. The lowest BCUT2D eigenvalue weighted by Crippen LogP contribution is -2.34.